The van der Waals surface area contributed by atoms with Crippen LogP contribution >= 0.6 is 0 Å². The number of hydrogen-bond donors (Lipinski definition) is 1. The third-order valence-electron chi connectivity index (χ3n) is 3.97. The maximum Gasteiger partial charge on any atom is 0.339 e. The van der Waals surface area contributed by atoms with E-state index in [0.717, 1.165) is 0 Å². The quantitative estimate of drug-likeness (QED) is 0.396. The Morgan fingerprint density at radius 2 is 1.93 bits per heavy atom. The first-order chi connectivity index (χ1) is 14.0. The second-order valence-electron chi connectivity index (χ2n) is 5.87. The first-order valence-electron chi connectivity index (χ1n) is 8.48. The summed E-state index contributed by atoms with van der Waals surface area (Å²) >= 11 is 0. The standard InChI is InChI=1S/C22H15FN2O4/c1-28-22(27)18-7-2-3-8-19(18)25-21(26)15(13-24)12-17-9-10-20(29-17)14-5-4-6-16(23)11-14/h2-12H,1H3,(H,25,26)/b15-12+. The summed E-state index contributed by atoms with van der Waals surface area (Å²) in [6, 6.07) is 17.1. The number of esters is 1. The van der Waals surface area contributed by atoms with E-state index in [9.17, 15) is 19.2 Å². The van der Waals surface area contributed by atoms with Crippen molar-refractivity contribution in [2.45, 2.75) is 0 Å². The number of ether oxygens (including phenoxy) is 1. The van der Waals surface area contributed by atoms with E-state index in [2.05, 4.69) is 10.1 Å². The third-order valence-corrected chi connectivity index (χ3v) is 3.97. The summed E-state index contributed by atoms with van der Waals surface area (Å²) < 4.78 is 23.6. The molecule has 3 rings (SSSR count). The summed E-state index contributed by atoms with van der Waals surface area (Å²) in [5, 5.41) is 11.9. The molecule has 0 atom stereocenters. The van der Waals surface area contributed by atoms with E-state index in [-0.39, 0.29) is 22.6 Å². The second kappa shape index (κ2) is 8.67. The molecule has 0 fully saturated rings. The van der Waals surface area contributed by atoms with E-state index in [1.807, 2.05) is 0 Å². The lowest BCUT2D eigenvalue weighted by Crippen LogP contribution is -2.16. The molecule has 0 aliphatic heterocycles. The highest BCUT2D eigenvalue weighted by Gasteiger charge is 2.16. The van der Waals surface area contributed by atoms with Crippen LogP contribution in [0.1, 0.15) is 16.1 Å². The fraction of sp³-hybridized carbons (Fsp3) is 0.0455. The van der Waals surface area contributed by atoms with Crippen molar-refractivity contribution in [3.05, 3.63) is 83.4 Å². The monoisotopic (exact) mass is 390 g/mol. The van der Waals surface area contributed by atoms with Gasteiger partial charge in [0.2, 0.25) is 0 Å². The molecule has 0 bridgehead atoms. The molecule has 7 heteroatoms. The van der Waals surface area contributed by atoms with Gasteiger partial charge in [-0.3, -0.25) is 4.79 Å². The van der Waals surface area contributed by atoms with Crippen LogP contribution in [0.25, 0.3) is 17.4 Å². The second-order valence-corrected chi connectivity index (χ2v) is 5.87. The van der Waals surface area contributed by atoms with Gasteiger partial charge >= 0.3 is 5.97 Å². The predicted molar refractivity (Wildman–Crippen MR) is 104 cm³/mol. The molecule has 3 aromatic rings. The Balaban J connectivity index is 1.83. The Morgan fingerprint density at radius 1 is 1.14 bits per heavy atom. The number of furan rings is 1. The van der Waals surface area contributed by atoms with Crippen molar-refractivity contribution in [2.75, 3.05) is 12.4 Å². The van der Waals surface area contributed by atoms with Gasteiger partial charge in [-0.2, -0.15) is 5.26 Å². The van der Waals surface area contributed by atoms with Crippen molar-refractivity contribution in [3.8, 4) is 17.4 Å². The average Bonchev–Trinajstić information content (AvgIpc) is 3.20. The average molecular weight is 390 g/mol. The number of carbonyl (C=O) groups excluding carboxylic acids is 2. The molecule has 6 nitrogen and oxygen atoms in total. The molecule has 144 valence electrons. The number of nitriles is 1. The molecule has 29 heavy (non-hydrogen) atoms. The van der Waals surface area contributed by atoms with Crippen LogP contribution in [0.4, 0.5) is 10.1 Å². The zero-order chi connectivity index (χ0) is 20.8. The molecule has 0 saturated heterocycles. The van der Waals surface area contributed by atoms with Crippen molar-refractivity contribution < 1.29 is 23.1 Å². The van der Waals surface area contributed by atoms with Crippen molar-refractivity contribution in [1.29, 1.82) is 5.26 Å². The van der Waals surface area contributed by atoms with Gasteiger partial charge in [0.05, 0.1) is 18.4 Å². The molecule has 1 aromatic heterocycles. The molecule has 1 amide bonds. The van der Waals surface area contributed by atoms with Crippen LogP contribution in [-0.2, 0) is 9.53 Å². The number of nitrogens with one attached hydrogen (secondary N) is 1. The summed E-state index contributed by atoms with van der Waals surface area (Å²) in [4.78, 5) is 24.3. The number of hydrogen-bond acceptors (Lipinski definition) is 5. The smallest absolute Gasteiger partial charge is 0.339 e. The SMILES string of the molecule is COC(=O)c1ccccc1NC(=O)/C(C#N)=C/c1ccc(-c2cccc(F)c2)o1. The summed E-state index contributed by atoms with van der Waals surface area (Å²) in [5.41, 5.74) is 0.668. The number of carbonyl (C=O) groups is 2. The van der Waals surface area contributed by atoms with Gasteiger partial charge in [0.1, 0.15) is 29.0 Å². The zero-order valence-corrected chi connectivity index (χ0v) is 15.3. The predicted octanol–water partition coefficient (Wildman–Crippen LogP) is 4.42. The highest BCUT2D eigenvalue weighted by atomic mass is 19.1. The molecule has 0 radical (unpaired) electrons. The molecule has 0 aliphatic carbocycles. The lowest BCUT2D eigenvalue weighted by Gasteiger charge is -2.08. The number of methoxy groups -OCH3 is 1. The van der Waals surface area contributed by atoms with Gasteiger partial charge in [-0.05, 0) is 36.4 Å². The highest BCUT2D eigenvalue weighted by molar-refractivity contribution is 6.11. The van der Waals surface area contributed by atoms with Gasteiger partial charge in [-0.25, -0.2) is 9.18 Å². The molecule has 0 unspecified atom stereocenters. The minimum Gasteiger partial charge on any atom is -0.465 e. The van der Waals surface area contributed by atoms with Gasteiger partial charge < -0.3 is 14.5 Å². The zero-order valence-electron chi connectivity index (χ0n) is 15.3. The lowest BCUT2D eigenvalue weighted by atomic mass is 10.1. The molecule has 2 aromatic carbocycles. The maximum absolute atomic E-state index is 13.4. The van der Waals surface area contributed by atoms with Gasteiger partial charge in [0.25, 0.3) is 5.91 Å². The number of para-hydroxylation sites is 1. The summed E-state index contributed by atoms with van der Waals surface area (Å²) in [6.07, 6.45) is 1.26. The van der Waals surface area contributed by atoms with E-state index in [1.165, 1.54) is 37.5 Å². The first kappa shape index (κ1) is 19.6. The number of amides is 1. The fourth-order valence-corrected chi connectivity index (χ4v) is 2.59. The van der Waals surface area contributed by atoms with Gasteiger partial charge in [-0.1, -0.05) is 24.3 Å². The number of rotatable bonds is 5. The summed E-state index contributed by atoms with van der Waals surface area (Å²) in [5.74, 6) is -1.10. The Kier molecular flexibility index (Phi) is 5.85. The number of benzene rings is 2. The van der Waals surface area contributed by atoms with Crippen molar-refractivity contribution in [3.63, 3.8) is 0 Å². The van der Waals surface area contributed by atoms with Gasteiger partial charge in [-0.15, -0.1) is 0 Å². The molecule has 1 heterocycles. The minimum absolute atomic E-state index is 0.159. The third kappa shape index (κ3) is 4.57. The van der Waals surface area contributed by atoms with E-state index in [0.29, 0.717) is 11.3 Å². The highest BCUT2D eigenvalue weighted by Crippen LogP contribution is 2.24. The van der Waals surface area contributed by atoms with Crippen LogP contribution < -0.4 is 5.32 Å². The van der Waals surface area contributed by atoms with Gasteiger partial charge in [0, 0.05) is 11.6 Å². The Morgan fingerprint density at radius 3 is 2.66 bits per heavy atom. The summed E-state index contributed by atoms with van der Waals surface area (Å²) in [6.45, 7) is 0. The normalized spacial score (nSPS) is 10.9. The maximum atomic E-state index is 13.4. The topological polar surface area (TPSA) is 92.3 Å². The molecule has 0 aliphatic rings. The Labute approximate surface area is 165 Å². The van der Waals surface area contributed by atoms with Crippen LogP contribution in [0.15, 0.2) is 70.7 Å². The largest absolute Gasteiger partial charge is 0.465 e. The van der Waals surface area contributed by atoms with Crippen molar-refractivity contribution in [1.82, 2.24) is 0 Å². The van der Waals surface area contributed by atoms with E-state index in [1.54, 1.807) is 42.5 Å². The van der Waals surface area contributed by atoms with E-state index in [4.69, 9.17) is 4.42 Å². The van der Waals surface area contributed by atoms with Crippen molar-refractivity contribution >= 4 is 23.6 Å². The summed E-state index contributed by atoms with van der Waals surface area (Å²) in [7, 11) is 1.23. The number of nitrogens with zero attached hydrogens (tertiary/aromatic N) is 1. The first-order valence-corrected chi connectivity index (χ1v) is 8.48. The molecule has 0 spiro atoms. The molecule has 1 N–H and O–H groups in total. The lowest BCUT2D eigenvalue weighted by molar-refractivity contribution is -0.112. The van der Waals surface area contributed by atoms with E-state index >= 15 is 0 Å². The Hall–Kier alpha value is -4.18. The van der Waals surface area contributed by atoms with Crippen LogP contribution in [0.2, 0.25) is 0 Å². The van der Waals surface area contributed by atoms with Crippen molar-refractivity contribution in [2.24, 2.45) is 0 Å². The van der Waals surface area contributed by atoms with Crippen LogP contribution in [0.5, 0.6) is 0 Å². The fourth-order valence-electron chi connectivity index (χ4n) is 2.59. The van der Waals surface area contributed by atoms with Crippen LogP contribution in [-0.4, -0.2) is 19.0 Å². The molecule has 0 saturated carbocycles. The molecular formula is C22H15FN2O4. The van der Waals surface area contributed by atoms with Crippen LogP contribution in [0, 0.1) is 17.1 Å². The number of halogens is 1. The van der Waals surface area contributed by atoms with E-state index < -0.39 is 17.7 Å². The number of anilines is 1. The molecular weight excluding hydrogens is 375 g/mol. The Bertz CT molecular complexity index is 1140. The van der Waals surface area contributed by atoms with Crippen LogP contribution in [0.3, 0.4) is 0 Å². The van der Waals surface area contributed by atoms with Gasteiger partial charge in [0.15, 0.2) is 0 Å². The minimum atomic E-state index is -0.715.